The highest BCUT2D eigenvalue weighted by Crippen LogP contribution is 2.32. The van der Waals surface area contributed by atoms with Crippen LogP contribution < -0.4 is 4.90 Å². The smallest absolute Gasteiger partial charge is 0.414 e. The van der Waals surface area contributed by atoms with E-state index in [-0.39, 0.29) is 18.0 Å². The number of cyclic esters (lactones) is 1. The summed E-state index contributed by atoms with van der Waals surface area (Å²) in [4.78, 5) is 32.7. The molecule has 1 atom stereocenters. The van der Waals surface area contributed by atoms with Crippen LogP contribution in [0.5, 0.6) is 0 Å². The van der Waals surface area contributed by atoms with Gasteiger partial charge in [0.1, 0.15) is 11.8 Å². The number of fused-ring (bicyclic) bond motifs is 3. The molecule has 0 saturated carbocycles. The first-order valence-corrected chi connectivity index (χ1v) is 8.87. The van der Waals surface area contributed by atoms with Crippen LogP contribution >= 0.6 is 11.6 Å². The van der Waals surface area contributed by atoms with Gasteiger partial charge in [0.2, 0.25) is 0 Å². The van der Waals surface area contributed by atoms with Crippen molar-refractivity contribution in [2.24, 2.45) is 0 Å². The number of hydrogen-bond acceptors (Lipinski definition) is 4. The van der Waals surface area contributed by atoms with Crippen LogP contribution in [0.25, 0.3) is 0 Å². The fraction of sp³-hybridized carbons (Fsp3) is 0.316. The Balaban J connectivity index is 1.71. The van der Waals surface area contributed by atoms with Crippen molar-refractivity contribution < 1.29 is 14.3 Å². The van der Waals surface area contributed by atoms with Crippen molar-refractivity contribution in [3.05, 3.63) is 58.4 Å². The topological polar surface area (TPSA) is 62.7 Å². The predicted molar refractivity (Wildman–Crippen MR) is 97.4 cm³/mol. The molecule has 0 bridgehead atoms. The Kier molecular flexibility index (Phi) is 4.28. The molecule has 0 radical (unpaired) electrons. The maximum atomic E-state index is 13.0. The Morgan fingerprint density at radius 3 is 2.96 bits per heavy atom. The average molecular weight is 372 g/mol. The molecule has 26 heavy (non-hydrogen) atoms. The van der Waals surface area contributed by atoms with E-state index in [1.54, 1.807) is 21.9 Å². The molecule has 1 saturated heterocycles. The number of halogens is 1. The van der Waals surface area contributed by atoms with Crippen molar-refractivity contribution in [2.45, 2.75) is 25.9 Å². The maximum absolute atomic E-state index is 13.0. The van der Waals surface area contributed by atoms with Gasteiger partial charge >= 0.3 is 6.09 Å². The zero-order valence-corrected chi connectivity index (χ0v) is 15.1. The first-order valence-electron chi connectivity index (χ1n) is 8.49. The largest absolute Gasteiger partial charge is 0.447 e. The van der Waals surface area contributed by atoms with Gasteiger partial charge in [-0.2, -0.15) is 0 Å². The van der Waals surface area contributed by atoms with E-state index in [4.69, 9.17) is 16.3 Å². The van der Waals surface area contributed by atoms with Crippen molar-refractivity contribution in [2.75, 3.05) is 18.1 Å². The number of benzene rings is 1. The summed E-state index contributed by atoms with van der Waals surface area (Å²) >= 11 is 5.93. The summed E-state index contributed by atoms with van der Waals surface area (Å²) in [6.07, 6.45) is 1.87. The minimum Gasteiger partial charge on any atom is -0.447 e. The van der Waals surface area contributed by atoms with E-state index < -0.39 is 0 Å². The second-order valence-corrected chi connectivity index (χ2v) is 7.00. The Labute approximate surface area is 156 Å². The number of ether oxygens (including phenoxy) is 1. The van der Waals surface area contributed by atoms with Gasteiger partial charge in [0.15, 0.2) is 0 Å². The van der Waals surface area contributed by atoms with E-state index in [2.05, 4.69) is 4.98 Å². The van der Waals surface area contributed by atoms with Crippen molar-refractivity contribution in [1.29, 1.82) is 0 Å². The van der Waals surface area contributed by atoms with E-state index in [0.29, 0.717) is 36.8 Å². The van der Waals surface area contributed by atoms with Gasteiger partial charge in [0, 0.05) is 24.8 Å². The summed E-state index contributed by atoms with van der Waals surface area (Å²) in [5, 5.41) is 0.292. The van der Waals surface area contributed by atoms with Crippen LogP contribution in [0.15, 0.2) is 36.5 Å². The van der Waals surface area contributed by atoms with Crippen LogP contribution in [0.1, 0.15) is 27.9 Å². The standard InChI is InChI=1S/C19H18ClN3O3/c1-12-2-3-14-10-22(18(24)13-4-6-21-17(20)9-13)7-5-15-11-26-19(25)23(15)16(14)8-12/h2-4,6,8-9,15H,5,7,10-11H2,1H3. The van der Waals surface area contributed by atoms with E-state index >= 15 is 0 Å². The Bertz CT molecular complexity index is 886. The molecule has 7 heteroatoms. The van der Waals surface area contributed by atoms with Crippen LogP contribution in [-0.2, 0) is 11.3 Å². The van der Waals surface area contributed by atoms with Crippen molar-refractivity contribution in [3.8, 4) is 0 Å². The van der Waals surface area contributed by atoms with Gasteiger partial charge in [0.05, 0.1) is 11.7 Å². The van der Waals surface area contributed by atoms with Crippen LogP contribution in [0.2, 0.25) is 5.15 Å². The normalized spacial score (nSPS) is 19.3. The first kappa shape index (κ1) is 16.8. The lowest BCUT2D eigenvalue weighted by Gasteiger charge is -2.32. The second kappa shape index (κ2) is 6.61. The molecule has 2 aromatic rings. The number of nitrogens with zero attached hydrogens (tertiary/aromatic N) is 3. The molecule has 134 valence electrons. The third-order valence-corrected chi connectivity index (χ3v) is 5.02. The van der Waals surface area contributed by atoms with E-state index in [1.807, 2.05) is 25.1 Å². The van der Waals surface area contributed by atoms with Crippen LogP contribution in [-0.4, -0.2) is 41.1 Å². The minimum atomic E-state index is -0.317. The van der Waals surface area contributed by atoms with E-state index in [1.165, 1.54) is 6.20 Å². The third kappa shape index (κ3) is 3.01. The van der Waals surface area contributed by atoms with Crippen molar-refractivity contribution in [1.82, 2.24) is 9.88 Å². The van der Waals surface area contributed by atoms with Gasteiger partial charge in [-0.15, -0.1) is 0 Å². The lowest BCUT2D eigenvalue weighted by atomic mass is 10.0. The lowest BCUT2D eigenvalue weighted by molar-refractivity contribution is 0.0734. The highest BCUT2D eigenvalue weighted by Gasteiger charge is 2.37. The van der Waals surface area contributed by atoms with Crippen LogP contribution in [0.4, 0.5) is 10.5 Å². The van der Waals surface area contributed by atoms with Gasteiger partial charge in [-0.25, -0.2) is 9.78 Å². The Morgan fingerprint density at radius 1 is 1.31 bits per heavy atom. The summed E-state index contributed by atoms with van der Waals surface area (Å²) in [5.41, 5.74) is 3.31. The third-order valence-electron chi connectivity index (χ3n) is 4.82. The number of carbonyl (C=O) groups excluding carboxylic acids is 2. The van der Waals surface area contributed by atoms with Gasteiger partial charge in [-0.3, -0.25) is 9.69 Å². The molecule has 1 aromatic carbocycles. The quantitative estimate of drug-likeness (QED) is 0.720. The highest BCUT2D eigenvalue weighted by atomic mass is 35.5. The number of aryl methyl sites for hydroxylation is 1. The summed E-state index contributed by atoms with van der Waals surface area (Å²) < 4.78 is 5.26. The summed E-state index contributed by atoms with van der Waals surface area (Å²) in [6, 6.07) is 9.11. The number of pyridine rings is 1. The second-order valence-electron chi connectivity index (χ2n) is 6.62. The molecule has 6 nitrogen and oxygen atoms in total. The SMILES string of the molecule is Cc1ccc2c(c1)N1C(=O)OCC1CCN(C(=O)c1ccnc(Cl)c1)C2. The molecule has 3 heterocycles. The minimum absolute atomic E-state index is 0.0697. The molecule has 0 N–H and O–H groups in total. The molecule has 1 fully saturated rings. The predicted octanol–water partition coefficient (Wildman–Crippen LogP) is 3.41. The molecular weight excluding hydrogens is 354 g/mol. The fourth-order valence-corrected chi connectivity index (χ4v) is 3.65. The molecule has 2 aliphatic heterocycles. The highest BCUT2D eigenvalue weighted by molar-refractivity contribution is 6.29. The molecule has 0 spiro atoms. The Hall–Kier alpha value is -2.60. The molecule has 2 amide bonds. The summed E-state index contributed by atoms with van der Waals surface area (Å²) in [7, 11) is 0. The molecule has 2 aliphatic rings. The number of rotatable bonds is 1. The number of amides is 2. The number of aromatic nitrogens is 1. The molecular formula is C19H18ClN3O3. The molecule has 1 unspecified atom stereocenters. The lowest BCUT2D eigenvalue weighted by Crippen LogP contribution is -2.42. The fourth-order valence-electron chi connectivity index (χ4n) is 3.48. The van der Waals surface area contributed by atoms with E-state index in [0.717, 1.165) is 16.8 Å². The zero-order chi connectivity index (χ0) is 18.3. The Morgan fingerprint density at radius 2 is 2.15 bits per heavy atom. The van der Waals surface area contributed by atoms with Crippen molar-refractivity contribution in [3.63, 3.8) is 0 Å². The maximum Gasteiger partial charge on any atom is 0.414 e. The van der Waals surface area contributed by atoms with Crippen molar-refractivity contribution >= 4 is 29.3 Å². The zero-order valence-electron chi connectivity index (χ0n) is 14.3. The van der Waals surface area contributed by atoms with Gasteiger partial charge in [0.25, 0.3) is 5.91 Å². The molecule has 4 rings (SSSR count). The number of anilines is 1. The van der Waals surface area contributed by atoms with Gasteiger partial charge in [-0.05, 0) is 42.7 Å². The van der Waals surface area contributed by atoms with Gasteiger partial charge in [-0.1, -0.05) is 23.7 Å². The first-order chi connectivity index (χ1) is 12.5. The number of hydrogen-bond donors (Lipinski definition) is 0. The number of carbonyl (C=O) groups is 2. The van der Waals surface area contributed by atoms with Crippen LogP contribution in [0.3, 0.4) is 0 Å². The molecule has 0 aliphatic carbocycles. The van der Waals surface area contributed by atoms with E-state index in [9.17, 15) is 9.59 Å². The summed E-state index contributed by atoms with van der Waals surface area (Å²) in [6.45, 7) is 3.28. The monoisotopic (exact) mass is 371 g/mol. The average Bonchev–Trinajstić information content (AvgIpc) is 2.97. The van der Waals surface area contributed by atoms with Gasteiger partial charge < -0.3 is 9.64 Å². The van der Waals surface area contributed by atoms with Crippen LogP contribution in [0, 0.1) is 6.92 Å². The molecule has 1 aromatic heterocycles. The summed E-state index contributed by atoms with van der Waals surface area (Å²) in [5.74, 6) is -0.0977.